The van der Waals surface area contributed by atoms with E-state index in [1.54, 1.807) is 48.4 Å². The maximum atomic E-state index is 12.7. The van der Waals surface area contributed by atoms with Gasteiger partial charge in [0.25, 0.3) is 0 Å². The first kappa shape index (κ1) is 15.6. The summed E-state index contributed by atoms with van der Waals surface area (Å²) in [6, 6.07) is 8.56. The van der Waals surface area contributed by atoms with Crippen LogP contribution in [0.2, 0.25) is 0 Å². The van der Waals surface area contributed by atoms with Crippen LogP contribution in [-0.2, 0) is 11.3 Å². The second-order valence-corrected chi connectivity index (χ2v) is 6.60. The molecule has 0 radical (unpaired) electrons. The Kier molecular flexibility index (Phi) is 4.09. The third-order valence-corrected chi connectivity index (χ3v) is 5.00. The normalized spacial score (nSPS) is 12.5. The van der Waals surface area contributed by atoms with Gasteiger partial charge in [-0.25, -0.2) is 4.79 Å². The molecule has 0 saturated heterocycles. The van der Waals surface area contributed by atoms with Crippen LogP contribution in [0, 0.1) is 6.92 Å². The number of aryl methyl sites for hydroxylation is 1. The molecule has 0 aliphatic heterocycles. The lowest BCUT2D eigenvalue weighted by atomic mass is 10.2. The van der Waals surface area contributed by atoms with Crippen LogP contribution >= 0.6 is 11.3 Å². The Morgan fingerprint density at radius 2 is 2.09 bits per heavy atom. The van der Waals surface area contributed by atoms with Crippen molar-refractivity contribution in [1.29, 1.82) is 0 Å². The van der Waals surface area contributed by atoms with Crippen molar-refractivity contribution in [3.63, 3.8) is 0 Å². The third kappa shape index (κ3) is 2.82. The number of amides is 1. The average molecular weight is 330 g/mol. The smallest absolute Gasteiger partial charge is 0.408 e. The lowest BCUT2D eigenvalue weighted by Gasteiger charge is -2.21. The summed E-state index contributed by atoms with van der Waals surface area (Å²) in [4.78, 5) is 27.6. The van der Waals surface area contributed by atoms with E-state index in [2.05, 4.69) is 0 Å². The van der Waals surface area contributed by atoms with E-state index in [1.165, 1.54) is 10.1 Å². The topological polar surface area (TPSA) is 55.5 Å². The van der Waals surface area contributed by atoms with Gasteiger partial charge in [0.15, 0.2) is 5.58 Å². The van der Waals surface area contributed by atoms with Gasteiger partial charge in [0.1, 0.15) is 6.04 Å². The predicted molar refractivity (Wildman–Crippen MR) is 90.7 cm³/mol. The minimum Gasteiger partial charge on any atom is -0.408 e. The lowest BCUT2D eigenvalue weighted by molar-refractivity contribution is -0.133. The Labute approximate surface area is 137 Å². The Morgan fingerprint density at radius 1 is 1.35 bits per heavy atom. The van der Waals surface area contributed by atoms with Gasteiger partial charge in [-0.15, -0.1) is 11.3 Å². The number of thiophene rings is 1. The van der Waals surface area contributed by atoms with E-state index >= 15 is 0 Å². The van der Waals surface area contributed by atoms with Crippen molar-refractivity contribution in [2.75, 3.05) is 7.05 Å². The van der Waals surface area contributed by atoms with Crippen LogP contribution in [-0.4, -0.2) is 22.4 Å². The van der Waals surface area contributed by atoms with E-state index in [9.17, 15) is 9.59 Å². The standard InChI is InChI=1S/C17H18N2O3S/c1-11-8-9-23-15(11)10-18(3)16(20)12(2)19-13-6-4-5-7-14(13)22-17(19)21/h4-9,12H,10H2,1-3H3. The summed E-state index contributed by atoms with van der Waals surface area (Å²) in [7, 11) is 1.76. The molecule has 0 N–H and O–H groups in total. The first-order chi connectivity index (χ1) is 11.0. The minimum absolute atomic E-state index is 0.119. The molecule has 23 heavy (non-hydrogen) atoms. The zero-order valence-corrected chi connectivity index (χ0v) is 14.1. The number of fused-ring (bicyclic) bond motifs is 1. The van der Waals surface area contributed by atoms with Crippen LogP contribution in [0.1, 0.15) is 23.4 Å². The maximum absolute atomic E-state index is 12.7. The number of carbonyl (C=O) groups is 1. The lowest BCUT2D eigenvalue weighted by Crippen LogP contribution is -2.35. The van der Waals surface area contributed by atoms with Crippen LogP contribution in [0.3, 0.4) is 0 Å². The molecule has 0 aliphatic carbocycles. The molecule has 0 spiro atoms. The quantitative estimate of drug-likeness (QED) is 0.738. The zero-order valence-electron chi connectivity index (χ0n) is 13.3. The fourth-order valence-electron chi connectivity index (χ4n) is 2.64. The molecular weight excluding hydrogens is 312 g/mol. The summed E-state index contributed by atoms with van der Waals surface area (Å²) in [5, 5.41) is 2.01. The van der Waals surface area contributed by atoms with Gasteiger partial charge in [-0.3, -0.25) is 9.36 Å². The molecule has 0 saturated carbocycles. The first-order valence-corrected chi connectivity index (χ1v) is 8.25. The summed E-state index contributed by atoms with van der Waals surface area (Å²) < 4.78 is 6.63. The number of oxazole rings is 1. The molecular formula is C17H18N2O3S. The van der Waals surface area contributed by atoms with Gasteiger partial charge in [0, 0.05) is 11.9 Å². The SMILES string of the molecule is Cc1ccsc1CN(C)C(=O)C(C)n1c(=O)oc2ccccc21. The summed E-state index contributed by atoms with van der Waals surface area (Å²) in [5.41, 5.74) is 2.31. The highest BCUT2D eigenvalue weighted by Crippen LogP contribution is 2.21. The van der Waals surface area contributed by atoms with E-state index in [0.717, 1.165) is 4.88 Å². The molecule has 3 rings (SSSR count). The van der Waals surface area contributed by atoms with Crippen molar-refractivity contribution >= 4 is 28.3 Å². The fraction of sp³-hybridized carbons (Fsp3) is 0.294. The van der Waals surface area contributed by atoms with Crippen LogP contribution in [0.4, 0.5) is 0 Å². The van der Waals surface area contributed by atoms with Crippen molar-refractivity contribution < 1.29 is 9.21 Å². The van der Waals surface area contributed by atoms with Crippen LogP contribution in [0.15, 0.2) is 44.9 Å². The molecule has 120 valence electrons. The van der Waals surface area contributed by atoms with Crippen molar-refractivity contribution in [2.45, 2.75) is 26.4 Å². The number of hydrogen-bond donors (Lipinski definition) is 0. The Morgan fingerprint density at radius 3 is 2.78 bits per heavy atom. The van der Waals surface area contributed by atoms with Gasteiger partial charge in [-0.1, -0.05) is 12.1 Å². The highest BCUT2D eigenvalue weighted by atomic mass is 32.1. The number of aromatic nitrogens is 1. The number of likely N-dealkylation sites (N-methyl/N-ethyl adjacent to an activating group) is 1. The minimum atomic E-state index is -0.614. The van der Waals surface area contributed by atoms with E-state index in [1.807, 2.05) is 24.4 Å². The average Bonchev–Trinajstić information content (AvgIpc) is 3.08. The maximum Gasteiger partial charge on any atom is 0.420 e. The molecule has 0 aliphatic rings. The second kappa shape index (κ2) is 6.04. The fourth-order valence-corrected chi connectivity index (χ4v) is 3.60. The number of hydrogen-bond acceptors (Lipinski definition) is 4. The molecule has 1 atom stereocenters. The second-order valence-electron chi connectivity index (χ2n) is 5.60. The van der Waals surface area contributed by atoms with Crippen molar-refractivity contribution in [3.05, 3.63) is 56.7 Å². The van der Waals surface area contributed by atoms with Gasteiger partial charge in [0.05, 0.1) is 12.1 Å². The van der Waals surface area contributed by atoms with Gasteiger partial charge in [-0.05, 0) is 43.0 Å². The van der Waals surface area contributed by atoms with E-state index in [4.69, 9.17) is 4.42 Å². The molecule has 0 bridgehead atoms. The van der Waals surface area contributed by atoms with Gasteiger partial charge < -0.3 is 9.32 Å². The molecule has 0 fully saturated rings. The van der Waals surface area contributed by atoms with Gasteiger partial charge in [0.2, 0.25) is 5.91 Å². The molecule has 3 aromatic rings. The van der Waals surface area contributed by atoms with E-state index < -0.39 is 11.8 Å². The zero-order chi connectivity index (χ0) is 16.6. The first-order valence-electron chi connectivity index (χ1n) is 7.37. The van der Waals surface area contributed by atoms with E-state index in [-0.39, 0.29) is 5.91 Å². The molecule has 1 unspecified atom stereocenters. The van der Waals surface area contributed by atoms with Gasteiger partial charge in [-0.2, -0.15) is 0 Å². The summed E-state index contributed by atoms with van der Waals surface area (Å²) in [5.74, 6) is -0.626. The highest BCUT2D eigenvalue weighted by molar-refractivity contribution is 7.10. The Bertz CT molecular complexity index is 906. The number of carbonyl (C=O) groups excluding carboxylic acids is 1. The predicted octanol–water partition coefficient (Wildman–Crippen LogP) is 3.18. The molecule has 5 nitrogen and oxygen atoms in total. The number of nitrogens with zero attached hydrogens (tertiary/aromatic N) is 2. The van der Waals surface area contributed by atoms with Crippen molar-refractivity contribution in [2.24, 2.45) is 0 Å². The molecule has 1 aromatic carbocycles. The van der Waals surface area contributed by atoms with Crippen molar-refractivity contribution in [1.82, 2.24) is 9.47 Å². The number of para-hydroxylation sites is 2. The largest absolute Gasteiger partial charge is 0.420 e. The highest BCUT2D eigenvalue weighted by Gasteiger charge is 2.24. The third-order valence-electron chi connectivity index (χ3n) is 3.99. The monoisotopic (exact) mass is 330 g/mol. The van der Waals surface area contributed by atoms with Gasteiger partial charge >= 0.3 is 5.76 Å². The molecule has 1 amide bonds. The molecule has 2 aromatic heterocycles. The number of benzene rings is 1. The van der Waals surface area contributed by atoms with E-state index in [0.29, 0.717) is 17.6 Å². The van der Waals surface area contributed by atoms with Crippen molar-refractivity contribution in [3.8, 4) is 0 Å². The summed E-state index contributed by atoms with van der Waals surface area (Å²) in [6.07, 6.45) is 0. The number of rotatable bonds is 4. The Hall–Kier alpha value is -2.34. The van der Waals surface area contributed by atoms with Crippen LogP contribution in [0.25, 0.3) is 11.1 Å². The summed E-state index contributed by atoms with van der Waals surface area (Å²) >= 11 is 1.63. The summed E-state index contributed by atoms with van der Waals surface area (Å²) in [6.45, 7) is 4.29. The molecule has 6 heteroatoms. The van der Waals surface area contributed by atoms with Crippen LogP contribution < -0.4 is 5.76 Å². The van der Waals surface area contributed by atoms with Crippen LogP contribution in [0.5, 0.6) is 0 Å². The molecule has 2 heterocycles. The Balaban J connectivity index is 1.88.